The normalized spacial score (nSPS) is 19.0. The minimum Gasteiger partial charge on any atom is -0.276 e. The van der Waals surface area contributed by atoms with Crippen LogP contribution in [-0.2, 0) is 0 Å². The molecule has 34 heavy (non-hydrogen) atoms. The van der Waals surface area contributed by atoms with Gasteiger partial charge in [0.15, 0.2) is 0 Å². The lowest BCUT2D eigenvalue weighted by atomic mass is 9.85. The van der Waals surface area contributed by atoms with Crippen molar-refractivity contribution in [1.82, 2.24) is 15.2 Å². The van der Waals surface area contributed by atoms with Crippen molar-refractivity contribution in [3.8, 4) is 11.4 Å². The van der Waals surface area contributed by atoms with Gasteiger partial charge in [-0.1, -0.05) is 82.4 Å². The second kappa shape index (κ2) is 12.1. The number of hydrogen-bond donors (Lipinski definition) is 1. The third-order valence-corrected chi connectivity index (χ3v) is 6.24. The molecule has 0 radical (unpaired) electrons. The number of nitrogens with one attached hydrogen (secondary N) is 1. The van der Waals surface area contributed by atoms with Gasteiger partial charge in [-0.15, -0.1) is 0 Å². The maximum absolute atomic E-state index is 4.66. The minimum atomic E-state index is 0.528. The summed E-state index contributed by atoms with van der Waals surface area (Å²) in [5.41, 5.74) is 9.36. The molecule has 0 unspecified atom stereocenters. The fraction of sp³-hybridized carbons (Fsp3) is 0.290. The molecule has 0 fully saturated rings. The Labute approximate surface area is 205 Å². The van der Waals surface area contributed by atoms with Crippen LogP contribution in [0.25, 0.3) is 17.0 Å². The first-order valence-corrected chi connectivity index (χ1v) is 12.3. The van der Waals surface area contributed by atoms with Gasteiger partial charge < -0.3 is 0 Å². The van der Waals surface area contributed by atoms with E-state index >= 15 is 0 Å². The Kier molecular flexibility index (Phi) is 8.98. The molecular formula is C31H37N3. The molecule has 1 aliphatic rings. The number of aromatic nitrogens is 3. The highest BCUT2D eigenvalue weighted by atomic mass is 15.1. The smallest absolute Gasteiger partial charge is 0.0912 e. The van der Waals surface area contributed by atoms with Gasteiger partial charge in [0.2, 0.25) is 0 Å². The first kappa shape index (κ1) is 25.2. The van der Waals surface area contributed by atoms with Gasteiger partial charge in [0.1, 0.15) is 0 Å². The monoisotopic (exact) mass is 451 g/mol. The molecule has 0 atom stereocenters. The number of rotatable bonds is 9. The van der Waals surface area contributed by atoms with Crippen LogP contribution >= 0.6 is 0 Å². The molecule has 0 saturated heterocycles. The third kappa shape index (κ3) is 6.11. The molecule has 0 bridgehead atoms. The summed E-state index contributed by atoms with van der Waals surface area (Å²) in [5.74, 6) is 0.528. The molecule has 0 aliphatic heterocycles. The van der Waals surface area contributed by atoms with Crippen molar-refractivity contribution in [1.29, 1.82) is 0 Å². The fourth-order valence-corrected chi connectivity index (χ4v) is 4.36. The number of allylic oxidation sites excluding steroid dienone is 12. The van der Waals surface area contributed by atoms with Crippen LogP contribution in [0.1, 0.15) is 57.7 Å². The van der Waals surface area contributed by atoms with Crippen LogP contribution in [0.5, 0.6) is 0 Å². The van der Waals surface area contributed by atoms with E-state index in [4.69, 9.17) is 0 Å². The second-order valence-electron chi connectivity index (χ2n) is 8.81. The molecule has 0 aromatic carbocycles. The van der Waals surface area contributed by atoms with E-state index < -0.39 is 0 Å². The Morgan fingerprint density at radius 3 is 2.56 bits per heavy atom. The molecule has 3 nitrogen and oxygen atoms in total. The maximum Gasteiger partial charge on any atom is 0.0912 e. The van der Waals surface area contributed by atoms with Gasteiger partial charge in [0.05, 0.1) is 17.6 Å². The van der Waals surface area contributed by atoms with Crippen LogP contribution in [0.2, 0.25) is 0 Å². The zero-order chi connectivity index (χ0) is 24.5. The van der Waals surface area contributed by atoms with E-state index in [0.29, 0.717) is 5.92 Å². The molecular weight excluding hydrogens is 414 g/mol. The standard InChI is InChI=1S/C31H37N3/c1-7-12-26(13-8-2)24(6)25(9-3)20-28-16-11-15-27(19-18-22(28)4)29-21-32-34-31(29)30-17-10-14-23(5)33-30/h9-11,14-21,26H,4,6-8,12-13H2,1-3,5H3,(H,32,34)/b16-11+,19-18-,25-9+,27-15-,28-20-. The lowest BCUT2D eigenvalue weighted by Gasteiger charge is -2.20. The predicted molar refractivity (Wildman–Crippen MR) is 146 cm³/mol. The van der Waals surface area contributed by atoms with Crippen molar-refractivity contribution in [2.75, 3.05) is 0 Å². The number of aromatic amines is 1. The third-order valence-electron chi connectivity index (χ3n) is 6.24. The van der Waals surface area contributed by atoms with Crippen LogP contribution in [0.3, 0.4) is 0 Å². The van der Waals surface area contributed by atoms with Crippen LogP contribution in [0.4, 0.5) is 0 Å². The molecule has 176 valence electrons. The van der Waals surface area contributed by atoms with E-state index in [1.165, 1.54) is 36.8 Å². The quantitative estimate of drug-likeness (QED) is 0.388. The van der Waals surface area contributed by atoms with E-state index in [1.54, 1.807) is 0 Å². The van der Waals surface area contributed by atoms with E-state index in [9.17, 15) is 0 Å². The first-order valence-electron chi connectivity index (χ1n) is 12.3. The fourth-order valence-electron chi connectivity index (χ4n) is 4.36. The number of H-pyrrole nitrogens is 1. The van der Waals surface area contributed by atoms with E-state index in [1.807, 2.05) is 31.3 Å². The summed E-state index contributed by atoms with van der Waals surface area (Å²) in [5, 5.41) is 7.41. The summed E-state index contributed by atoms with van der Waals surface area (Å²) in [6.45, 7) is 17.4. The summed E-state index contributed by atoms with van der Waals surface area (Å²) in [7, 11) is 0. The molecule has 2 aromatic heterocycles. The highest BCUT2D eigenvalue weighted by Crippen LogP contribution is 2.31. The maximum atomic E-state index is 4.66. The van der Waals surface area contributed by atoms with Gasteiger partial charge in [-0.25, -0.2) is 0 Å². The van der Waals surface area contributed by atoms with Crippen LogP contribution in [0.15, 0.2) is 102 Å². The highest BCUT2D eigenvalue weighted by Gasteiger charge is 2.15. The molecule has 2 heterocycles. The van der Waals surface area contributed by atoms with E-state index in [2.05, 4.69) is 91.6 Å². The molecule has 0 amide bonds. The van der Waals surface area contributed by atoms with Crippen molar-refractivity contribution >= 4 is 5.57 Å². The Morgan fingerprint density at radius 1 is 1.12 bits per heavy atom. The van der Waals surface area contributed by atoms with Gasteiger partial charge in [0, 0.05) is 11.3 Å². The Balaban J connectivity index is 1.90. The van der Waals surface area contributed by atoms with Gasteiger partial charge in [-0.3, -0.25) is 10.1 Å². The number of hydrogen-bond acceptors (Lipinski definition) is 2. The largest absolute Gasteiger partial charge is 0.276 e. The summed E-state index contributed by atoms with van der Waals surface area (Å²) in [6, 6.07) is 6.01. The number of aryl methyl sites for hydroxylation is 1. The van der Waals surface area contributed by atoms with E-state index in [-0.39, 0.29) is 0 Å². The zero-order valence-corrected chi connectivity index (χ0v) is 21.1. The summed E-state index contributed by atoms with van der Waals surface area (Å²) in [6.07, 6.45) is 21.5. The van der Waals surface area contributed by atoms with Crippen molar-refractivity contribution in [2.24, 2.45) is 5.92 Å². The van der Waals surface area contributed by atoms with Crippen LogP contribution < -0.4 is 0 Å². The minimum absolute atomic E-state index is 0.528. The van der Waals surface area contributed by atoms with Gasteiger partial charge >= 0.3 is 0 Å². The second-order valence-corrected chi connectivity index (χ2v) is 8.81. The highest BCUT2D eigenvalue weighted by molar-refractivity contribution is 5.84. The zero-order valence-electron chi connectivity index (χ0n) is 21.1. The summed E-state index contributed by atoms with van der Waals surface area (Å²) >= 11 is 0. The van der Waals surface area contributed by atoms with Crippen LogP contribution in [0, 0.1) is 12.8 Å². The van der Waals surface area contributed by atoms with E-state index in [0.717, 1.165) is 39.4 Å². The Bertz CT molecular complexity index is 1170. The first-order chi connectivity index (χ1) is 16.5. The van der Waals surface area contributed by atoms with Crippen molar-refractivity contribution in [2.45, 2.75) is 53.4 Å². The molecule has 1 N–H and O–H groups in total. The van der Waals surface area contributed by atoms with Gasteiger partial charge in [0.25, 0.3) is 0 Å². The van der Waals surface area contributed by atoms with Crippen molar-refractivity contribution in [3.63, 3.8) is 0 Å². The lowest BCUT2D eigenvalue weighted by Crippen LogP contribution is -2.05. The topological polar surface area (TPSA) is 41.6 Å². The number of pyridine rings is 1. The number of nitrogens with zero attached hydrogens (tertiary/aromatic N) is 2. The average Bonchev–Trinajstić information content (AvgIpc) is 3.31. The van der Waals surface area contributed by atoms with Crippen molar-refractivity contribution in [3.05, 3.63) is 114 Å². The van der Waals surface area contributed by atoms with Crippen LogP contribution in [-0.4, -0.2) is 15.2 Å². The van der Waals surface area contributed by atoms with Gasteiger partial charge in [-0.05, 0) is 78.7 Å². The molecule has 3 heteroatoms. The molecule has 0 saturated carbocycles. The molecule has 2 aromatic rings. The molecule has 1 aliphatic carbocycles. The Morgan fingerprint density at radius 2 is 1.88 bits per heavy atom. The SMILES string of the molecule is C=C1\C=C/C(c2cn[nH]c2-c2cccc(C)n2)=C/C=C/C1=C/C(=C\C)C(=C)C(CCC)CCC. The summed E-state index contributed by atoms with van der Waals surface area (Å²) in [4.78, 5) is 4.66. The lowest BCUT2D eigenvalue weighted by molar-refractivity contribution is 0.511. The molecule has 3 rings (SSSR count). The summed E-state index contributed by atoms with van der Waals surface area (Å²) < 4.78 is 0. The average molecular weight is 452 g/mol. The van der Waals surface area contributed by atoms with Gasteiger partial charge in [-0.2, -0.15) is 5.10 Å². The van der Waals surface area contributed by atoms with Crippen molar-refractivity contribution < 1.29 is 0 Å². The molecule has 0 spiro atoms. The predicted octanol–water partition coefficient (Wildman–Crippen LogP) is 8.49. The Hall–Kier alpha value is -3.46.